The number of carboxylic acid groups (broad SMARTS) is 1. The van der Waals surface area contributed by atoms with Gasteiger partial charge in [0.2, 0.25) is 5.88 Å². The average molecular weight is 405 g/mol. The van der Waals surface area contributed by atoms with E-state index >= 15 is 0 Å². The molecule has 0 aliphatic rings. The second-order valence-corrected chi connectivity index (χ2v) is 6.77. The first-order chi connectivity index (χ1) is 10.7. The van der Waals surface area contributed by atoms with Crippen LogP contribution in [0.2, 0.25) is 0 Å². The Morgan fingerprint density at radius 3 is 2.61 bits per heavy atom. The van der Waals surface area contributed by atoms with Crippen LogP contribution in [0.4, 0.5) is 10.1 Å². The van der Waals surface area contributed by atoms with Gasteiger partial charge in [0.1, 0.15) is 10.7 Å². The molecule has 0 radical (unpaired) electrons. The highest BCUT2D eigenvalue weighted by Crippen LogP contribution is 2.26. The molecule has 1 heterocycles. The van der Waals surface area contributed by atoms with Crippen LogP contribution in [0, 0.1) is 5.82 Å². The molecule has 10 heteroatoms. The Bertz CT molecular complexity index is 855. The summed E-state index contributed by atoms with van der Waals surface area (Å²) in [7, 11) is -2.93. The van der Waals surface area contributed by atoms with E-state index in [1.165, 1.54) is 25.4 Å². The van der Waals surface area contributed by atoms with E-state index in [4.69, 9.17) is 9.84 Å². The molecule has 0 saturated carbocycles. The van der Waals surface area contributed by atoms with Crippen LogP contribution in [0.25, 0.3) is 0 Å². The van der Waals surface area contributed by atoms with Gasteiger partial charge in [0.25, 0.3) is 10.0 Å². The highest BCUT2D eigenvalue weighted by molar-refractivity contribution is 9.10. The third kappa shape index (κ3) is 3.77. The molecule has 0 amide bonds. The average Bonchev–Trinajstić information content (AvgIpc) is 2.46. The summed E-state index contributed by atoms with van der Waals surface area (Å²) in [6.07, 6.45) is 1.19. The van der Waals surface area contributed by atoms with Crippen molar-refractivity contribution in [3.05, 3.63) is 46.3 Å². The second kappa shape index (κ2) is 6.50. The summed E-state index contributed by atoms with van der Waals surface area (Å²) in [5.74, 6) is -2.20. The summed E-state index contributed by atoms with van der Waals surface area (Å²) < 4.78 is 45.3. The van der Waals surface area contributed by atoms with E-state index in [1.54, 1.807) is 0 Å². The predicted molar refractivity (Wildman–Crippen MR) is 82.7 cm³/mol. The smallest absolute Gasteiger partial charge is 0.336 e. The summed E-state index contributed by atoms with van der Waals surface area (Å²) in [6, 6.07) is 4.31. The zero-order valence-corrected chi connectivity index (χ0v) is 14.0. The van der Waals surface area contributed by atoms with Crippen LogP contribution in [0.15, 0.2) is 39.8 Å². The number of anilines is 1. The molecule has 0 bridgehead atoms. The molecule has 0 fully saturated rings. The van der Waals surface area contributed by atoms with E-state index in [9.17, 15) is 17.6 Å². The van der Waals surface area contributed by atoms with Crippen molar-refractivity contribution in [1.82, 2.24) is 4.98 Å². The molecule has 23 heavy (non-hydrogen) atoms. The molecule has 2 N–H and O–H groups in total. The van der Waals surface area contributed by atoms with Gasteiger partial charge in [-0.25, -0.2) is 22.6 Å². The van der Waals surface area contributed by atoms with E-state index in [1.807, 2.05) is 0 Å². The Morgan fingerprint density at radius 2 is 2.09 bits per heavy atom. The first-order valence-corrected chi connectivity index (χ1v) is 8.27. The number of nitrogens with zero attached hydrogens (tertiary/aromatic N) is 1. The number of aromatic carboxylic acids is 1. The van der Waals surface area contributed by atoms with Crippen molar-refractivity contribution in [3.63, 3.8) is 0 Å². The van der Waals surface area contributed by atoms with Crippen LogP contribution in [-0.2, 0) is 10.0 Å². The Morgan fingerprint density at radius 1 is 1.39 bits per heavy atom. The molecule has 0 aliphatic carbocycles. The maximum atomic E-state index is 13.9. The van der Waals surface area contributed by atoms with Gasteiger partial charge >= 0.3 is 5.97 Å². The number of rotatable bonds is 5. The molecule has 1 aromatic heterocycles. The number of carbonyl (C=O) groups is 1. The van der Waals surface area contributed by atoms with Crippen LogP contribution in [-0.4, -0.2) is 31.6 Å². The van der Waals surface area contributed by atoms with E-state index in [2.05, 4.69) is 25.6 Å². The summed E-state index contributed by atoms with van der Waals surface area (Å²) in [6.45, 7) is 0. The number of carboxylic acids is 1. The van der Waals surface area contributed by atoms with Gasteiger partial charge in [-0.3, -0.25) is 4.72 Å². The molecule has 7 nitrogen and oxygen atoms in total. The summed E-state index contributed by atoms with van der Waals surface area (Å²) in [5.41, 5.74) is -0.301. The van der Waals surface area contributed by atoms with E-state index in [0.717, 1.165) is 12.1 Å². The van der Waals surface area contributed by atoms with Crippen LogP contribution in [0.3, 0.4) is 0 Å². The van der Waals surface area contributed by atoms with Gasteiger partial charge in [-0.1, -0.05) is 0 Å². The minimum Gasteiger partial charge on any atom is -0.481 e. The zero-order valence-electron chi connectivity index (χ0n) is 11.6. The second-order valence-electron chi connectivity index (χ2n) is 4.26. The molecule has 1 aromatic carbocycles. The van der Waals surface area contributed by atoms with E-state index in [0.29, 0.717) is 0 Å². The lowest BCUT2D eigenvalue weighted by Crippen LogP contribution is -2.16. The van der Waals surface area contributed by atoms with Crippen LogP contribution < -0.4 is 9.46 Å². The molecule has 2 aromatic rings. The Hall–Kier alpha value is -2.20. The quantitative estimate of drug-likeness (QED) is 0.792. The third-order valence-corrected chi connectivity index (χ3v) is 4.79. The highest BCUT2D eigenvalue weighted by Gasteiger charge is 2.23. The van der Waals surface area contributed by atoms with Gasteiger partial charge in [-0.15, -0.1) is 0 Å². The van der Waals surface area contributed by atoms with E-state index in [-0.39, 0.29) is 21.6 Å². The number of hydrogen-bond acceptors (Lipinski definition) is 5. The van der Waals surface area contributed by atoms with Crippen molar-refractivity contribution in [3.8, 4) is 5.88 Å². The van der Waals surface area contributed by atoms with Gasteiger partial charge in [0.15, 0.2) is 0 Å². The standard InChI is InChI=1S/C13H10BrFN2O5S/c1-22-12-3-2-7(6-16-12)17-23(20,21)11-4-8(13(18)19)9(14)5-10(11)15/h2-6,17H,1H3,(H,18,19). The molecular formula is C13H10BrFN2O5S. The number of nitrogens with one attached hydrogen (secondary N) is 1. The van der Waals surface area contributed by atoms with E-state index < -0.39 is 26.7 Å². The molecule has 0 aliphatic heterocycles. The van der Waals surface area contributed by atoms with Crippen LogP contribution >= 0.6 is 15.9 Å². The lowest BCUT2D eigenvalue weighted by molar-refractivity contribution is 0.0695. The summed E-state index contributed by atoms with van der Waals surface area (Å²) >= 11 is 2.87. The first kappa shape index (κ1) is 17.2. The number of methoxy groups -OCH3 is 1. The molecule has 0 atom stereocenters. The minimum absolute atomic E-state index is 0.0624. The van der Waals surface area contributed by atoms with Gasteiger partial charge in [-0.05, 0) is 34.1 Å². The number of halogens is 2. The molecular weight excluding hydrogens is 395 g/mol. The number of ether oxygens (including phenoxy) is 1. The fourth-order valence-corrected chi connectivity index (χ4v) is 3.29. The zero-order chi connectivity index (χ0) is 17.2. The van der Waals surface area contributed by atoms with Gasteiger partial charge in [-0.2, -0.15) is 0 Å². The molecule has 122 valence electrons. The predicted octanol–water partition coefficient (Wildman–Crippen LogP) is 2.49. The van der Waals surface area contributed by atoms with Crippen molar-refractivity contribution in [1.29, 1.82) is 0 Å². The number of pyridine rings is 1. The fourth-order valence-electron chi connectivity index (χ4n) is 1.67. The monoisotopic (exact) mass is 404 g/mol. The first-order valence-electron chi connectivity index (χ1n) is 6.00. The molecule has 0 unspecified atom stereocenters. The maximum absolute atomic E-state index is 13.9. The Labute approximate surface area is 139 Å². The van der Waals surface area contributed by atoms with Crippen molar-refractivity contribution in [2.45, 2.75) is 4.90 Å². The Balaban J connectivity index is 2.42. The molecule has 2 rings (SSSR count). The number of hydrogen-bond donors (Lipinski definition) is 2. The lowest BCUT2D eigenvalue weighted by Gasteiger charge is -2.10. The number of benzene rings is 1. The van der Waals surface area contributed by atoms with Gasteiger partial charge in [0.05, 0.1) is 24.6 Å². The topological polar surface area (TPSA) is 106 Å². The van der Waals surface area contributed by atoms with Crippen LogP contribution in [0.5, 0.6) is 5.88 Å². The fraction of sp³-hybridized carbons (Fsp3) is 0.0769. The normalized spacial score (nSPS) is 11.1. The van der Waals surface area contributed by atoms with Crippen molar-refractivity contribution in [2.24, 2.45) is 0 Å². The molecule has 0 spiro atoms. The number of sulfonamides is 1. The third-order valence-electron chi connectivity index (χ3n) is 2.74. The molecule has 0 saturated heterocycles. The van der Waals surface area contributed by atoms with Gasteiger partial charge in [0, 0.05) is 10.5 Å². The maximum Gasteiger partial charge on any atom is 0.336 e. The van der Waals surface area contributed by atoms with Crippen molar-refractivity contribution < 1.29 is 27.4 Å². The SMILES string of the molecule is COc1ccc(NS(=O)(=O)c2cc(C(=O)O)c(Br)cc2F)cn1. The summed E-state index contributed by atoms with van der Waals surface area (Å²) in [4.78, 5) is 14.1. The summed E-state index contributed by atoms with van der Waals surface area (Å²) in [5, 5.41) is 9.00. The van der Waals surface area contributed by atoms with Crippen LogP contribution in [0.1, 0.15) is 10.4 Å². The van der Waals surface area contributed by atoms with Crippen molar-refractivity contribution in [2.75, 3.05) is 11.8 Å². The van der Waals surface area contributed by atoms with Crippen molar-refractivity contribution >= 4 is 37.6 Å². The number of aromatic nitrogens is 1. The lowest BCUT2D eigenvalue weighted by atomic mass is 10.2. The highest BCUT2D eigenvalue weighted by atomic mass is 79.9. The largest absolute Gasteiger partial charge is 0.481 e. The minimum atomic E-state index is -4.33. The van der Waals surface area contributed by atoms with Gasteiger partial charge < -0.3 is 9.84 Å². The Kier molecular flexibility index (Phi) is 4.85.